The molecule has 0 aliphatic rings. The van der Waals surface area contributed by atoms with Gasteiger partial charge in [-0.15, -0.1) is 11.3 Å². The zero-order chi connectivity index (χ0) is 13.0. The molecule has 0 bridgehead atoms. The van der Waals surface area contributed by atoms with Crippen molar-refractivity contribution in [3.63, 3.8) is 0 Å². The number of carbonyl (C=O) groups is 2. The minimum Gasteiger partial charge on any atom is -0.478 e. The van der Waals surface area contributed by atoms with Gasteiger partial charge >= 0.3 is 5.97 Å². The lowest BCUT2D eigenvalue weighted by Gasteiger charge is -2.04. The third-order valence-corrected chi connectivity index (χ3v) is 3.19. The van der Waals surface area contributed by atoms with Gasteiger partial charge < -0.3 is 10.4 Å². The lowest BCUT2D eigenvalue weighted by molar-refractivity contribution is -0.115. The minimum absolute atomic E-state index is 0.126. The van der Waals surface area contributed by atoms with E-state index in [-0.39, 0.29) is 17.9 Å². The Morgan fingerprint density at radius 3 is 2.56 bits per heavy atom. The van der Waals surface area contributed by atoms with Gasteiger partial charge in [0.15, 0.2) is 0 Å². The fraction of sp³-hybridized carbons (Fsp3) is 0.0769. The number of amides is 1. The number of carbonyl (C=O) groups excluding carboxylic acids is 1. The van der Waals surface area contributed by atoms with E-state index in [9.17, 15) is 9.59 Å². The van der Waals surface area contributed by atoms with Crippen molar-refractivity contribution in [2.75, 3.05) is 5.32 Å². The van der Waals surface area contributed by atoms with Crippen molar-refractivity contribution < 1.29 is 14.7 Å². The summed E-state index contributed by atoms with van der Waals surface area (Å²) in [4.78, 5) is 22.6. The number of hydrogen-bond donors (Lipinski definition) is 2. The third kappa shape index (κ3) is 2.95. The SMILES string of the molecule is O=C(Cc1ccccc1)Nc1sccc1C(=O)O. The molecular weight excluding hydrogens is 250 g/mol. The van der Waals surface area contributed by atoms with E-state index >= 15 is 0 Å². The van der Waals surface area contributed by atoms with Crippen LogP contribution in [0.2, 0.25) is 0 Å². The van der Waals surface area contributed by atoms with Crippen LogP contribution in [0.1, 0.15) is 15.9 Å². The average Bonchev–Trinajstić information content (AvgIpc) is 2.78. The molecule has 1 amide bonds. The summed E-state index contributed by atoms with van der Waals surface area (Å²) < 4.78 is 0. The molecule has 0 saturated heterocycles. The largest absolute Gasteiger partial charge is 0.478 e. The summed E-state index contributed by atoms with van der Waals surface area (Å²) in [5, 5.41) is 13.6. The van der Waals surface area contributed by atoms with Gasteiger partial charge in [0.2, 0.25) is 5.91 Å². The van der Waals surface area contributed by atoms with E-state index in [1.54, 1.807) is 5.38 Å². The van der Waals surface area contributed by atoms with Crippen molar-refractivity contribution in [1.29, 1.82) is 0 Å². The molecule has 1 aromatic carbocycles. The second-order valence-corrected chi connectivity index (χ2v) is 4.60. The van der Waals surface area contributed by atoms with Crippen molar-refractivity contribution in [1.82, 2.24) is 0 Å². The molecule has 0 saturated carbocycles. The Balaban J connectivity index is 2.04. The van der Waals surface area contributed by atoms with E-state index in [0.717, 1.165) is 5.56 Å². The highest BCUT2D eigenvalue weighted by atomic mass is 32.1. The second-order valence-electron chi connectivity index (χ2n) is 3.68. The standard InChI is InChI=1S/C13H11NO3S/c15-11(8-9-4-2-1-3-5-9)14-12-10(13(16)17)6-7-18-12/h1-7H,8H2,(H,14,15)(H,16,17). The van der Waals surface area contributed by atoms with Crippen molar-refractivity contribution in [3.8, 4) is 0 Å². The molecule has 0 aliphatic heterocycles. The van der Waals surface area contributed by atoms with Crippen molar-refractivity contribution in [2.24, 2.45) is 0 Å². The number of benzene rings is 1. The number of aromatic carboxylic acids is 1. The average molecular weight is 261 g/mol. The normalized spacial score (nSPS) is 10.0. The van der Waals surface area contributed by atoms with Crippen LogP contribution < -0.4 is 5.32 Å². The van der Waals surface area contributed by atoms with Crippen LogP contribution in [0.5, 0.6) is 0 Å². The van der Waals surface area contributed by atoms with Crippen molar-refractivity contribution >= 4 is 28.2 Å². The molecule has 0 fully saturated rings. The fourth-order valence-corrected chi connectivity index (χ4v) is 2.32. The van der Waals surface area contributed by atoms with E-state index in [1.807, 2.05) is 30.3 Å². The van der Waals surface area contributed by atoms with Gasteiger partial charge in [-0.2, -0.15) is 0 Å². The molecule has 92 valence electrons. The lowest BCUT2D eigenvalue weighted by Crippen LogP contribution is -2.15. The van der Waals surface area contributed by atoms with E-state index < -0.39 is 5.97 Å². The predicted molar refractivity (Wildman–Crippen MR) is 70.1 cm³/mol. The highest BCUT2D eigenvalue weighted by Gasteiger charge is 2.13. The maximum atomic E-state index is 11.8. The molecule has 2 rings (SSSR count). The first-order valence-corrected chi connectivity index (χ1v) is 6.19. The fourth-order valence-electron chi connectivity index (χ4n) is 1.53. The zero-order valence-electron chi connectivity index (χ0n) is 9.42. The number of carboxylic acids is 1. The summed E-state index contributed by atoms with van der Waals surface area (Å²) in [6.07, 6.45) is 0.234. The molecule has 0 radical (unpaired) electrons. The molecule has 4 nitrogen and oxygen atoms in total. The predicted octanol–water partition coefficient (Wildman–Crippen LogP) is 2.63. The summed E-state index contributed by atoms with van der Waals surface area (Å²) in [5.74, 6) is -1.25. The van der Waals surface area contributed by atoms with E-state index in [1.165, 1.54) is 17.4 Å². The maximum Gasteiger partial charge on any atom is 0.338 e. The molecule has 1 heterocycles. The van der Waals surface area contributed by atoms with Gasteiger partial charge in [-0.1, -0.05) is 30.3 Å². The van der Waals surface area contributed by atoms with Crippen LogP contribution in [-0.4, -0.2) is 17.0 Å². The molecule has 1 aromatic heterocycles. The lowest BCUT2D eigenvalue weighted by atomic mass is 10.1. The highest BCUT2D eigenvalue weighted by molar-refractivity contribution is 7.14. The Morgan fingerprint density at radius 1 is 1.17 bits per heavy atom. The van der Waals surface area contributed by atoms with Gasteiger partial charge in [0.1, 0.15) is 5.00 Å². The molecule has 5 heteroatoms. The van der Waals surface area contributed by atoms with E-state index in [0.29, 0.717) is 5.00 Å². The Kier molecular flexibility index (Phi) is 3.74. The smallest absolute Gasteiger partial charge is 0.338 e. The molecule has 2 N–H and O–H groups in total. The van der Waals surface area contributed by atoms with Gasteiger partial charge in [0.05, 0.1) is 12.0 Å². The molecule has 2 aromatic rings. The summed E-state index contributed by atoms with van der Waals surface area (Å²) in [6.45, 7) is 0. The third-order valence-electron chi connectivity index (χ3n) is 2.36. The summed E-state index contributed by atoms with van der Waals surface area (Å²) >= 11 is 1.20. The van der Waals surface area contributed by atoms with E-state index in [2.05, 4.69) is 5.32 Å². The summed E-state index contributed by atoms with van der Waals surface area (Å²) in [6, 6.07) is 10.8. The van der Waals surface area contributed by atoms with Crippen LogP contribution in [0, 0.1) is 0 Å². The first-order valence-electron chi connectivity index (χ1n) is 5.31. The van der Waals surface area contributed by atoms with Gasteiger partial charge in [-0.3, -0.25) is 4.79 Å². The highest BCUT2D eigenvalue weighted by Crippen LogP contribution is 2.23. The van der Waals surface area contributed by atoms with Gasteiger partial charge in [0, 0.05) is 0 Å². The van der Waals surface area contributed by atoms with Crippen LogP contribution in [-0.2, 0) is 11.2 Å². The summed E-state index contributed by atoms with van der Waals surface area (Å²) in [5.41, 5.74) is 1.02. The quantitative estimate of drug-likeness (QED) is 0.889. The molecular formula is C13H11NO3S. The number of thiophene rings is 1. The number of anilines is 1. The number of carboxylic acid groups (broad SMARTS) is 1. The van der Waals surface area contributed by atoms with Crippen LogP contribution in [0.25, 0.3) is 0 Å². The Hall–Kier alpha value is -2.14. The number of nitrogens with one attached hydrogen (secondary N) is 1. The molecule has 18 heavy (non-hydrogen) atoms. The Bertz CT molecular complexity index is 563. The van der Waals surface area contributed by atoms with Gasteiger partial charge in [-0.05, 0) is 17.0 Å². The zero-order valence-corrected chi connectivity index (χ0v) is 10.2. The second kappa shape index (κ2) is 5.46. The van der Waals surface area contributed by atoms with Crippen LogP contribution in [0.4, 0.5) is 5.00 Å². The molecule has 0 spiro atoms. The van der Waals surface area contributed by atoms with Crippen molar-refractivity contribution in [2.45, 2.75) is 6.42 Å². The first-order chi connectivity index (χ1) is 8.66. The van der Waals surface area contributed by atoms with Gasteiger partial charge in [0.25, 0.3) is 0 Å². The topological polar surface area (TPSA) is 66.4 Å². The van der Waals surface area contributed by atoms with Gasteiger partial charge in [-0.25, -0.2) is 4.79 Å². The molecule has 0 aliphatic carbocycles. The number of rotatable bonds is 4. The van der Waals surface area contributed by atoms with Crippen LogP contribution in [0.3, 0.4) is 0 Å². The van der Waals surface area contributed by atoms with Crippen LogP contribution >= 0.6 is 11.3 Å². The molecule has 0 atom stereocenters. The first kappa shape index (κ1) is 12.3. The Labute approximate surface area is 108 Å². The molecule has 0 unspecified atom stereocenters. The van der Waals surface area contributed by atoms with E-state index in [4.69, 9.17) is 5.11 Å². The maximum absolute atomic E-state index is 11.8. The number of hydrogen-bond acceptors (Lipinski definition) is 3. The van der Waals surface area contributed by atoms with Crippen molar-refractivity contribution in [3.05, 3.63) is 52.9 Å². The minimum atomic E-state index is -1.04. The monoisotopic (exact) mass is 261 g/mol. The summed E-state index contributed by atoms with van der Waals surface area (Å²) in [7, 11) is 0. The van der Waals surface area contributed by atoms with Crippen LogP contribution in [0.15, 0.2) is 41.8 Å². The Morgan fingerprint density at radius 2 is 1.89 bits per heavy atom.